The van der Waals surface area contributed by atoms with Crippen molar-refractivity contribution in [3.05, 3.63) is 17.5 Å². The molecular weight excluding hydrogens is 268 g/mol. The number of carbonyl (C=O) groups excluding carboxylic acids is 2. The van der Waals surface area contributed by atoms with E-state index in [0.29, 0.717) is 6.54 Å². The van der Waals surface area contributed by atoms with Crippen molar-refractivity contribution in [2.24, 2.45) is 13.0 Å². The van der Waals surface area contributed by atoms with Crippen LogP contribution < -0.4 is 5.32 Å². The minimum absolute atomic E-state index is 0.0313. The quantitative estimate of drug-likeness (QED) is 0.883. The van der Waals surface area contributed by atoms with E-state index in [1.807, 2.05) is 20.0 Å². The molecule has 0 radical (unpaired) electrons. The van der Waals surface area contributed by atoms with Gasteiger partial charge in [0, 0.05) is 7.05 Å². The Balaban J connectivity index is 1.81. The number of piperazine rings is 1. The standard InChI is InChI=1S/C15H22N4O2/c1-4-11-7-12(18(3)17-11)8-19-9-13(20)16-15(2,14(19)21)10-5-6-10/h7,10H,4-6,8-9H2,1-3H3,(H,16,20). The molecule has 6 nitrogen and oxygen atoms in total. The molecule has 1 saturated heterocycles. The summed E-state index contributed by atoms with van der Waals surface area (Å²) in [4.78, 5) is 26.4. The van der Waals surface area contributed by atoms with Gasteiger partial charge in [-0.15, -0.1) is 0 Å². The highest BCUT2D eigenvalue weighted by atomic mass is 16.2. The number of amides is 2. The number of hydrogen-bond acceptors (Lipinski definition) is 3. The Labute approximate surface area is 124 Å². The fourth-order valence-electron chi connectivity index (χ4n) is 3.11. The first-order valence-corrected chi connectivity index (χ1v) is 7.56. The maximum absolute atomic E-state index is 12.7. The van der Waals surface area contributed by atoms with E-state index in [0.717, 1.165) is 30.7 Å². The molecule has 1 atom stereocenters. The lowest BCUT2D eigenvalue weighted by Gasteiger charge is -2.40. The summed E-state index contributed by atoms with van der Waals surface area (Å²) in [5, 5.41) is 7.30. The summed E-state index contributed by atoms with van der Waals surface area (Å²) in [5.41, 5.74) is 1.25. The van der Waals surface area contributed by atoms with Gasteiger partial charge in [0.1, 0.15) is 12.1 Å². The summed E-state index contributed by atoms with van der Waals surface area (Å²) in [7, 11) is 1.88. The van der Waals surface area contributed by atoms with Crippen molar-refractivity contribution in [1.82, 2.24) is 20.0 Å². The molecule has 21 heavy (non-hydrogen) atoms. The van der Waals surface area contributed by atoms with Gasteiger partial charge in [-0.05, 0) is 38.2 Å². The lowest BCUT2D eigenvalue weighted by Crippen LogP contribution is -2.66. The van der Waals surface area contributed by atoms with Crippen LogP contribution in [0.4, 0.5) is 0 Å². The number of hydrogen-bond donors (Lipinski definition) is 1. The van der Waals surface area contributed by atoms with Gasteiger partial charge < -0.3 is 10.2 Å². The molecule has 1 saturated carbocycles. The summed E-state index contributed by atoms with van der Waals surface area (Å²) in [6, 6.07) is 2.01. The molecule has 1 aromatic heterocycles. The summed E-state index contributed by atoms with van der Waals surface area (Å²) in [5.74, 6) is 0.250. The van der Waals surface area contributed by atoms with Crippen LogP contribution in [0.5, 0.6) is 0 Å². The van der Waals surface area contributed by atoms with Crippen LogP contribution in [0.15, 0.2) is 6.07 Å². The molecule has 0 bridgehead atoms. The highest BCUT2D eigenvalue weighted by Gasteiger charge is 2.52. The number of nitrogens with zero attached hydrogens (tertiary/aromatic N) is 3. The number of aryl methyl sites for hydroxylation is 2. The molecule has 2 amide bonds. The number of nitrogens with one attached hydrogen (secondary N) is 1. The van der Waals surface area contributed by atoms with Crippen LogP contribution >= 0.6 is 0 Å². The van der Waals surface area contributed by atoms with Crippen molar-refractivity contribution < 1.29 is 9.59 Å². The number of aromatic nitrogens is 2. The minimum Gasteiger partial charge on any atom is -0.340 e. The summed E-state index contributed by atoms with van der Waals surface area (Å²) in [6.07, 6.45) is 2.90. The second-order valence-electron chi connectivity index (χ2n) is 6.29. The highest BCUT2D eigenvalue weighted by Crippen LogP contribution is 2.41. The average molecular weight is 290 g/mol. The third-order valence-corrected chi connectivity index (χ3v) is 4.60. The van der Waals surface area contributed by atoms with Crippen LogP contribution in [0.1, 0.15) is 38.1 Å². The van der Waals surface area contributed by atoms with E-state index >= 15 is 0 Å². The lowest BCUT2D eigenvalue weighted by atomic mass is 9.91. The van der Waals surface area contributed by atoms with E-state index in [2.05, 4.69) is 17.3 Å². The zero-order chi connectivity index (χ0) is 15.2. The second-order valence-corrected chi connectivity index (χ2v) is 6.29. The second kappa shape index (κ2) is 4.86. The van der Waals surface area contributed by atoms with E-state index in [4.69, 9.17) is 0 Å². The minimum atomic E-state index is -0.721. The maximum atomic E-state index is 12.7. The zero-order valence-electron chi connectivity index (χ0n) is 12.8. The van der Waals surface area contributed by atoms with E-state index in [1.165, 1.54) is 0 Å². The SMILES string of the molecule is CCc1cc(CN2CC(=O)NC(C)(C3CC3)C2=O)n(C)n1. The normalized spacial score (nSPS) is 26.1. The van der Waals surface area contributed by atoms with Crippen LogP contribution in [0, 0.1) is 5.92 Å². The van der Waals surface area contributed by atoms with E-state index < -0.39 is 5.54 Å². The van der Waals surface area contributed by atoms with Gasteiger partial charge in [-0.25, -0.2) is 0 Å². The highest BCUT2D eigenvalue weighted by molar-refractivity contribution is 5.98. The number of carbonyl (C=O) groups is 2. The molecule has 1 aromatic rings. The summed E-state index contributed by atoms with van der Waals surface area (Å²) >= 11 is 0. The van der Waals surface area contributed by atoms with Gasteiger partial charge in [0.2, 0.25) is 11.8 Å². The van der Waals surface area contributed by atoms with Crippen molar-refractivity contribution in [2.45, 2.75) is 45.2 Å². The lowest BCUT2D eigenvalue weighted by molar-refractivity contribution is -0.150. The Hall–Kier alpha value is -1.85. The molecule has 2 aliphatic rings. The molecule has 3 rings (SSSR count). The first-order valence-electron chi connectivity index (χ1n) is 7.56. The van der Waals surface area contributed by atoms with Crippen LogP contribution in [-0.2, 0) is 29.6 Å². The van der Waals surface area contributed by atoms with Gasteiger partial charge in [0.05, 0.1) is 17.9 Å². The maximum Gasteiger partial charge on any atom is 0.249 e. The largest absolute Gasteiger partial charge is 0.340 e. The van der Waals surface area contributed by atoms with Gasteiger partial charge in [-0.2, -0.15) is 5.10 Å². The third-order valence-electron chi connectivity index (χ3n) is 4.60. The fraction of sp³-hybridized carbons (Fsp3) is 0.667. The molecule has 0 spiro atoms. The van der Waals surface area contributed by atoms with Crippen LogP contribution in [-0.4, -0.2) is 38.6 Å². The molecule has 2 fully saturated rings. The van der Waals surface area contributed by atoms with Crippen molar-refractivity contribution >= 4 is 11.8 Å². The van der Waals surface area contributed by atoms with E-state index in [1.54, 1.807) is 9.58 Å². The third kappa shape index (κ3) is 2.43. The van der Waals surface area contributed by atoms with E-state index in [-0.39, 0.29) is 24.3 Å². The molecule has 1 unspecified atom stereocenters. The van der Waals surface area contributed by atoms with Crippen LogP contribution in [0.3, 0.4) is 0 Å². The predicted octanol–water partition coefficient (Wildman–Crippen LogP) is 0.610. The predicted molar refractivity (Wildman–Crippen MR) is 77.3 cm³/mol. The molecule has 1 aliphatic heterocycles. The zero-order valence-corrected chi connectivity index (χ0v) is 12.8. The van der Waals surface area contributed by atoms with Gasteiger partial charge in [-0.3, -0.25) is 14.3 Å². The van der Waals surface area contributed by atoms with Gasteiger partial charge in [0.25, 0.3) is 0 Å². The molecule has 1 aliphatic carbocycles. The monoisotopic (exact) mass is 290 g/mol. The topological polar surface area (TPSA) is 67.2 Å². The first kappa shape index (κ1) is 14.1. The molecule has 6 heteroatoms. The molecule has 0 aromatic carbocycles. The van der Waals surface area contributed by atoms with E-state index in [9.17, 15) is 9.59 Å². The van der Waals surface area contributed by atoms with Crippen LogP contribution in [0.25, 0.3) is 0 Å². The Morgan fingerprint density at radius 1 is 1.43 bits per heavy atom. The molecular formula is C15H22N4O2. The van der Waals surface area contributed by atoms with Crippen LogP contribution in [0.2, 0.25) is 0 Å². The van der Waals surface area contributed by atoms with Crippen molar-refractivity contribution in [1.29, 1.82) is 0 Å². The van der Waals surface area contributed by atoms with Crippen molar-refractivity contribution in [3.63, 3.8) is 0 Å². The molecule has 114 valence electrons. The summed E-state index contributed by atoms with van der Waals surface area (Å²) in [6.45, 7) is 4.49. The average Bonchev–Trinajstić information content (AvgIpc) is 3.22. The fourth-order valence-corrected chi connectivity index (χ4v) is 3.11. The van der Waals surface area contributed by atoms with Gasteiger partial charge in [-0.1, -0.05) is 6.92 Å². The first-order chi connectivity index (χ1) is 9.94. The molecule has 1 N–H and O–H groups in total. The van der Waals surface area contributed by atoms with Crippen molar-refractivity contribution in [3.8, 4) is 0 Å². The van der Waals surface area contributed by atoms with Crippen molar-refractivity contribution in [2.75, 3.05) is 6.54 Å². The Kier molecular flexibility index (Phi) is 3.26. The van der Waals surface area contributed by atoms with Gasteiger partial charge >= 0.3 is 0 Å². The number of rotatable bonds is 4. The Bertz CT molecular complexity index is 590. The molecule has 2 heterocycles. The smallest absolute Gasteiger partial charge is 0.249 e. The Morgan fingerprint density at radius 2 is 2.14 bits per heavy atom. The van der Waals surface area contributed by atoms with Gasteiger partial charge in [0.15, 0.2) is 0 Å². The Morgan fingerprint density at radius 3 is 2.71 bits per heavy atom. The summed E-state index contributed by atoms with van der Waals surface area (Å²) < 4.78 is 1.80.